The fraction of sp³-hybridized carbons (Fsp3) is 0.412. The summed E-state index contributed by atoms with van der Waals surface area (Å²) >= 11 is 1.78. The Balaban J connectivity index is 1.62. The van der Waals surface area contributed by atoms with E-state index in [-0.39, 0.29) is 6.10 Å². The van der Waals surface area contributed by atoms with Gasteiger partial charge in [0.2, 0.25) is 0 Å². The molecule has 0 unspecified atom stereocenters. The lowest BCUT2D eigenvalue weighted by Gasteiger charge is -2.30. The Morgan fingerprint density at radius 3 is 2.71 bits per heavy atom. The molecule has 1 aliphatic rings. The van der Waals surface area contributed by atoms with Crippen molar-refractivity contribution < 1.29 is 5.11 Å². The van der Waals surface area contributed by atoms with E-state index in [2.05, 4.69) is 52.0 Å². The monoisotopic (exact) mass is 302 g/mol. The van der Waals surface area contributed by atoms with E-state index >= 15 is 0 Å². The molecule has 1 fully saturated rings. The Morgan fingerprint density at radius 2 is 1.95 bits per heavy atom. The van der Waals surface area contributed by atoms with Gasteiger partial charge in [0.15, 0.2) is 0 Å². The highest BCUT2D eigenvalue weighted by molar-refractivity contribution is 7.09. The SMILES string of the molecule is OC1CCN(Cc2ccccc2NCc2cccs2)CC1. The lowest BCUT2D eigenvalue weighted by Crippen LogP contribution is -2.35. The molecule has 2 aromatic rings. The molecule has 0 radical (unpaired) electrons. The van der Waals surface area contributed by atoms with Crippen molar-refractivity contribution in [3.63, 3.8) is 0 Å². The van der Waals surface area contributed by atoms with Crippen molar-refractivity contribution in [1.82, 2.24) is 4.90 Å². The van der Waals surface area contributed by atoms with Gasteiger partial charge in [0.25, 0.3) is 0 Å². The number of para-hydroxylation sites is 1. The molecule has 112 valence electrons. The molecule has 1 aliphatic heterocycles. The first-order valence-corrected chi connectivity index (χ1v) is 8.44. The molecule has 3 rings (SSSR count). The van der Waals surface area contributed by atoms with Crippen LogP contribution in [0.1, 0.15) is 23.3 Å². The Labute approximate surface area is 130 Å². The van der Waals surface area contributed by atoms with Crippen LogP contribution in [0.4, 0.5) is 5.69 Å². The number of benzene rings is 1. The van der Waals surface area contributed by atoms with Gasteiger partial charge in [-0.25, -0.2) is 0 Å². The maximum Gasteiger partial charge on any atom is 0.0564 e. The van der Waals surface area contributed by atoms with Crippen LogP contribution in [-0.4, -0.2) is 29.2 Å². The molecule has 2 N–H and O–H groups in total. The standard InChI is InChI=1S/C17H22N2OS/c20-15-7-9-19(10-8-15)13-14-4-1-2-6-17(14)18-12-16-5-3-11-21-16/h1-6,11,15,18,20H,7-10,12-13H2. The average Bonchev–Trinajstić information content (AvgIpc) is 3.02. The van der Waals surface area contributed by atoms with E-state index in [0.717, 1.165) is 39.0 Å². The number of aliphatic hydroxyl groups is 1. The second-order valence-electron chi connectivity index (χ2n) is 5.60. The zero-order valence-corrected chi connectivity index (χ0v) is 13.0. The highest BCUT2D eigenvalue weighted by Crippen LogP contribution is 2.21. The third-order valence-corrected chi connectivity index (χ3v) is 4.88. The fourth-order valence-corrected chi connectivity index (χ4v) is 3.39. The molecule has 0 spiro atoms. The first-order chi connectivity index (χ1) is 10.3. The van der Waals surface area contributed by atoms with Crippen molar-refractivity contribution in [2.45, 2.75) is 32.0 Å². The molecule has 0 bridgehead atoms. The van der Waals surface area contributed by atoms with Gasteiger partial charge in [0, 0.05) is 36.7 Å². The quantitative estimate of drug-likeness (QED) is 0.889. The van der Waals surface area contributed by atoms with Crippen molar-refractivity contribution >= 4 is 17.0 Å². The van der Waals surface area contributed by atoms with E-state index < -0.39 is 0 Å². The number of thiophene rings is 1. The first kappa shape index (κ1) is 14.6. The Morgan fingerprint density at radius 1 is 1.14 bits per heavy atom. The second-order valence-corrected chi connectivity index (χ2v) is 6.63. The van der Waals surface area contributed by atoms with Crippen LogP contribution in [0.25, 0.3) is 0 Å². The summed E-state index contributed by atoms with van der Waals surface area (Å²) < 4.78 is 0. The number of aliphatic hydroxyl groups excluding tert-OH is 1. The number of hydrogen-bond donors (Lipinski definition) is 2. The smallest absolute Gasteiger partial charge is 0.0564 e. The molecule has 0 atom stereocenters. The lowest BCUT2D eigenvalue weighted by molar-refractivity contribution is 0.0793. The summed E-state index contributed by atoms with van der Waals surface area (Å²) in [6.07, 6.45) is 1.68. The second kappa shape index (κ2) is 7.07. The first-order valence-electron chi connectivity index (χ1n) is 7.56. The summed E-state index contributed by atoms with van der Waals surface area (Å²) in [5, 5.41) is 15.3. The van der Waals surface area contributed by atoms with Crippen molar-refractivity contribution in [2.75, 3.05) is 18.4 Å². The third kappa shape index (κ3) is 4.06. The van der Waals surface area contributed by atoms with Gasteiger partial charge in [-0.1, -0.05) is 24.3 Å². The largest absolute Gasteiger partial charge is 0.393 e. The minimum atomic E-state index is -0.103. The summed E-state index contributed by atoms with van der Waals surface area (Å²) in [6, 6.07) is 12.8. The van der Waals surface area contributed by atoms with Gasteiger partial charge in [-0.05, 0) is 35.9 Å². The summed E-state index contributed by atoms with van der Waals surface area (Å²) in [7, 11) is 0. The van der Waals surface area contributed by atoms with E-state index in [9.17, 15) is 5.11 Å². The van der Waals surface area contributed by atoms with Crippen LogP contribution in [0.3, 0.4) is 0 Å². The Hall–Kier alpha value is -1.36. The van der Waals surface area contributed by atoms with Gasteiger partial charge in [0.1, 0.15) is 0 Å². The number of likely N-dealkylation sites (tertiary alicyclic amines) is 1. The van der Waals surface area contributed by atoms with E-state index in [4.69, 9.17) is 0 Å². The maximum atomic E-state index is 9.60. The molecule has 0 saturated carbocycles. The molecule has 1 aromatic carbocycles. The molecule has 1 aromatic heterocycles. The zero-order chi connectivity index (χ0) is 14.5. The van der Waals surface area contributed by atoms with Crippen LogP contribution >= 0.6 is 11.3 Å². The fourth-order valence-electron chi connectivity index (χ4n) is 2.74. The summed E-state index contributed by atoms with van der Waals surface area (Å²) in [5.41, 5.74) is 2.56. The number of anilines is 1. The normalized spacial score (nSPS) is 17.0. The van der Waals surface area contributed by atoms with Gasteiger partial charge in [0.05, 0.1) is 6.10 Å². The minimum Gasteiger partial charge on any atom is -0.393 e. The van der Waals surface area contributed by atoms with Crippen molar-refractivity contribution in [3.05, 3.63) is 52.2 Å². The van der Waals surface area contributed by atoms with E-state index in [0.29, 0.717) is 0 Å². The van der Waals surface area contributed by atoms with E-state index in [1.165, 1.54) is 16.1 Å². The number of rotatable bonds is 5. The molecule has 4 heteroatoms. The van der Waals surface area contributed by atoms with Crippen molar-refractivity contribution in [1.29, 1.82) is 0 Å². The average molecular weight is 302 g/mol. The van der Waals surface area contributed by atoms with Gasteiger partial charge < -0.3 is 10.4 Å². The van der Waals surface area contributed by atoms with Gasteiger partial charge in [-0.3, -0.25) is 4.90 Å². The van der Waals surface area contributed by atoms with Crippen LogP contribution in [-0.2, 0) is 13.1 Å². The predicted molar refractivity (Wildman–Crippen MR) is 88.6 cm³/mol. The summed E-state index contributed by atoms with van der Waals surface area (Å²) in [4.78, 5) is 3.78. The number of nitrogens with one attached hydrogen (secondary N) is 1. The maximum absolute atomic E-state index is 9.60. The topological polar surface area (TPSA) is 35.5 Å². The highest BCUT2D eigenvalue weighted by Gasteiger charge is 2.17. The van der Waals surface area contributed by atoms with Gasteiger partial charge >= 0.3 is 0 Å². The van der Waals surface area contributed by atoms with Crippen LogP contribution in [0.2, 0.25) is 0 Å². The van der Waals surface area contributed by atoms with Crippen LogP contribution in [0.5, 0.6) is 0 Å². The predicted octanol–water partition coefficient (Wildman–Crippen LogP) is 3.32. The summed E-state index contributed by atoms with van der Waals surface area (Å²) in [6.45, 7) is 3.81. The van der Waals surface area contributed by atoms with Crippen molar-refractivity contribution in [3.8, 4) is 0 Å². The number of piperidine rings is 1. The molecule has 0 amide bonds. The molecule has 0 aliphatic carbocycles. The molecular weight excluding hydrogens is 280 g/mol. The third-order valence-electron chi connectivity index (χ3n) is 4.00. The van der Waals surface area contributed by atoms with Crippen molar-refractivity contribution in [2.24, 2.45) is 0 Å². The van der Waals surface area contributed by atoms with Crippen LogP contribution in [0, 0.1) is 0 Å². The van der Waals surface area contributed by atoms with E-state index in [1.807, 2.05) is 0 Å². The lowest BCUT2D eigenvalue weighted by atomic mass is 10.1. The minimum absolute atomic E-state index is 0.103. The number of nitrogens with zero attached hydrogens (tertiary/aromatic N) is 1. The highest BCUT2D eigenvalue weighted by atomic mass is 32.1. The molecular formula is C17H22N2OS. The number of hydrogen-bond acceptors (Lipinski definition) is 4. The zero-order valence-electron chi connectivity index (χ0n) is 12.2. The molecule has 2 heterocycles. The van der Waals surface area contributed by atoms with Crippen LogP contribution < -0.4 is 5.32 Å². The molecule has 3 nitrogen and oxygen atoms in total. The van der Waals surface area contributed by atoms with Crippen LogP contribution in [0.15, 0.2) is 41.8 Å². The molecule has 21 heavy (non-hydrogen) atoms. The molecule has 1 saturated heterocycles. The Kier molecular flexibility index (Phi) is 4.91. The Bertz CT molecular complexity index is 548. The van der Waals surface area contributed by atoms with Gasteiger partial charge in [-0.15, -0.1) is 11.3 Å². The van der Waals surface area contributed by atoms with Gasteiger partial charge in [-0.2, -0.15) is 0 Å². The van der Waals surface area contributed by atoms with E-state index in [1.54, 1.807) is 11.3 Å². The summed E-state index contributed by atoms with van der Waals surface area (Å²) in [5.74, 6) is 0.